The third-order valence-electron chi connectivity index (χ3n) is 6.75. The first-order valence-corrected chi connectivity index (χ1v) is 12.1. The molecule has 2 N–H and O–H groups in total. The maximum Gasteiger partial charge on any atom is 0.408 e. The maximum atomic E-state index is 13.3. The number of nitrogens with zero attached hydrogens (tertiary/aromatic N) is 5. The molecule has 3 saturated carbocycles. The fraction of sp³-hybridized carbons (Fsp3) is 0.682. The van der Waals surface area contributed by atoms with Gasteiger partial charge in [-0.2, -0.15) is 18.3 Å². The van der Waals surface area contributed by atoms with Crippen LogP contribution < -0.4 is 10.6 Å². The molecule has 2 heterocycles. The van der Waals surface area contributed by atoms with Crippen LogP contribution >= 0.6 is 0 Å². The normalized spacial score (nSPS) is 20.4. The zero-order chi connectivity index (χ0) is 26.4. The average Bonchev–Trinajstić information content (AvgIpc) is 3.69. The summed E-state index contributed by atoms with van der Waals surface area (Å²) in [7, 11) is 0. The second kappa shape index (κ2) is 9.56. The van der Waals surface area contributed by atoms with Gasteiger partial charge in [0.2, 0.25) is 5.91 Å². The molecule has 10 nitrogen and oxygen atoms in total. The van der Waals surface area contributed by atoms with E-state index in [0.717, 1.165) is 31.9 Å². The first kappa shape index (κ1) is 25.4. The van der Waals surface area contributed by atoms with Crippen LogP contribution in [0.5, 0.6) is 0 Å². The van der Waals surface area contributed by atoms with E-state index in [9.17, 15) is 31.5 Å². The van der Waals surface area contributed by atoms with E-state index in [-0.39, 0.29) is 18.2 Å². The predicted octanol–water partition coefficient (Wildman–Crippen LogP) is 3.35. The Balaban J connectivity index is 1.21. The zero-order valence-electron chi connectivity index (χ0n) is 19.6. The summed E-state index contributed by atoms with van der Waals surface area (Å²) in [6.07, 6.45) is 0.531. The topological polar surface area (TPSA) is 116 Å². The molecule has 2 aromatic heterocycles. The monoisotopic (exact) mass is 531 g/mol. The van der Waals surface area contributed by atoms with Crippen molar-refractivity contribution in [1.29, 1.82) is 0 Å². The molecule has 0 aliphatic heterocycles. The van der Waals surface area contributed by atoms with Gasteiger partial charge in [0.25, 0.3) is 5.92 Å². The number of alkyl halides is 5. The van der Waals surface area contributed by atoms with Gasteiger partial charge < -0.3 is 15.4 Å². The SMILES string of the molecule is O=C(N[C@H](C(=O)Nc1cnn(Cc2cn(CC(F)(F)F)nn2)c1)C(C1CC1)C1CC1)OC1CC(F)(F)C1. The molecule has 202 valence electrons. The van der Waals surface area contributed by atoms with Gasteiger partial charge in [0.05, 0.1) is 24.6 Å². The van der Waals surface area contributed by atoms with Crippen molar-refractivity contribution in [2.75, 3.05) is 5.32 Å². The van der Waals surface area contributed by atoms with Crippen LogP contribution in [0.1, 0.15) is 44.2 Å². The van der Waals surface area contributed by atoms with E-state index in [0.29, 0.717) is 22.2 Å². The summed E-state index contributed by atoms with van der Waals surface area (Å²) in [6, 6.07) is -0.904. The summed E-state index contributed by atoms with van der Waals surface area (Å²) in [5, 5.41) is 16.6. The molecule has 3 fully saturated rings. The van der Waals surface area contributed by atoms with Crippen molar-refractivity contribution < 1.29 is 36.3 Å². The lowest BCUT2D eigenvalue weighted by molar-refractivity contribution is -0.145. The quantitative estimate of drug-likeness (QED) is 0.455. The van der Waals surface area contributed by atoms with Gasteiger partial charge in [0.1, 0.15) is 24.4 Å². The minimum Gasteiger partial charge on any atom is -0.446 e. The average molecular weight is 531 g/mol. The molecule has 0 spiro atoms. The van der Waals surface area contributed by atoms with Crippen molar-refractivity contribution >= 4 is 17.7 Å². The molecule has 0 radical (unpaired) electrons. The Labute approximate surface area is 207 Å². The number of rotatable bonds is 10. The van der Waals surface area contributed by atoms with E-state index in [2.05, 4.69) is 26.0 Å². The van der Waals surface area contributed by atoms with Crippen molar-refractivity contribution in [2.24, 2.45) is 17.8 Å². The maximum absolute atomic E-state index is 13.3. The minimum absolute atomic E-state index is 0.0283. The number of nitrogens with one attached hydrogen (secondary N) is 2. The molecule has 37 heavy (non-hydrogen) atoms. The van der Waals surface area contributed by atoms with Gasteiger partial charge >= 0.3 is 12.3 Å². The highest BCUT2D eigenvalue weighted by molar-refractivity contribution is 5.96. The van der Waals surface area contributed by atoms with Gasteiger partial charge in [-0.05, 0) is 43.4 Å². The van der Waals surface area contributed by atoms with Gasteiger partial charge in [-0.15, -0.1) is 5.10 Å². The third-order valence-corrected chi connectivity index (χ3v) is 6.75. The van der Waals surface area contributed by atoms with Gasteiger partial charge in [-0.3, -0.25) is 9.48 Å². The van der Waals surface area contributed by atoms with Crippen LogP contribution in [0.4, 0.5) is 32.4 Å². The number of hydrogen-bond acceptors (Lipinski definition) is 6. The Bertz CT molecular complexity index is 1120. The van der Waals surface area contributed by atoms with Crippen LogP contribution in [0.25, 0.3) is 0 Å². The summed E-state index contributed by atoms with van der Waals surface area (Å²) in [4.78, 5) is 25.7. The van der Waals surface area contributed by atoms with Gasteiger partial charge in [-0.25, -0.2) is 18.3 Å². The van der Waals surface area contributed by atoms with Crippen molar-refractivity contribution in [1.82, 2.24) is 30.1 Å². The minimum atomic E-state index is -4.42. The summed E-state index contributed by atoms with van der Waals surface area (Å²) in [5.74, 6) is -2.82. The fourth-order valence-corrected chi connectivity index (χ4v) is 4.80. The smallest absolute Gasteiger partial charge is 0.408 e. The van der Waals surface area contributed by atoms with E-state index >= 15 is 0 Å². The van der Waals surface area contributed by atoms with Crippen LogP contribution in [-0.4, -0.2) is 61.0 Å². The van der Waals surface area contributed by atoms with Crippen LogP contribution in [0.15, 0.2) is 18.6 Å². The van der Waals surface area contributed by atoms with Crippen LogP contribution in [0, 0.1) is 17.8 Å². The summed E-state index contributed by atoms with van der Waals surface area (Å²) >= 11 is 0. The summed E-state index contributed by atoms with van der Waals surface area (Å²) < 4.78 is 70.9. The van der Waals surface area contributed by atoms with E-state index in [4.69, 9.17) is 4.74 Å². The number of hydrogen-bond donors (Lipinski definition) is 2. The number of carbonyl (C=O) groups excluding carboxylic acids is 2. The molecule has 0 bridgehead atoms. The van der Waals surface area contributed by atoms with Crippen LogP contribution in [-0.2, 0) is 22.6 Å². The van der Waals surface area contributed by atoms with Crippen LogP contribution in [0.3, 0.4) is 0 Å². The molecule has 0 saturated heterocycles. The molecule has 3 aliphatic rings. The van der Waals surface area contributed by atoms with Gasteiger partial charge in [0, 0.05) is 19.0 Å². The molecular formula is C22H26F5N7O3. The molecule has 15 heteroatoms. The van der Waals surface area contributed by atoms with Crippen molar-refractivity contribution in [3.63, 3.8) is 0 Å². The predicted molar refractivity (Wildman–Crippen MR) is 116 cm³/mol. The highest BCUT2D eigenvalue weighted by Crippen LogP contribution is 2.51. The number of amides is 2. The zero-order valence-corrected chi connectivity index (χ0v) is 19.6. The van der Waals surface area contributed by atoms with Crippen molar-refractivity contribution in [2.45, 2.75) is 75.9 Å². The van der Waals surface area contributed by atoms with E-state index in [1.54, 1.807) is 0 Å². The Kier molecular flexibility index (Phi) is 6.56. The van der Waals surface area contributed by atoms with Gasteiger partial charge in [-0.1, -0.05) is 5.21 Å². The Morgan fingerprint density at radius 1 is 1.11 bits per heavy atom. The Morgan fingerprint density at radius 2 is 1.78 bits per heavy atom. The lowest BCUT2D eigenvalue weighted by Crippen LogP contribution is -2.52. The molecule has 0 aromatic carbocycles. The number of carbonyl (C=O) groups is 2. The highest BCUT2D eigenvalue weighted by Gasteiger charge is 2.50. The van der Waals surface area contributed by atoms with E-state index < -0.39 is 55.6 Å². The third kappa shape index (κ3) is 6.74. The van der Waals surface area contributed by atoms with Crippen molar-refractivity contribution in [3.05, 3.63) is 24.3 Å². The fourth-order valence-electron chi connectivity index (χ4n) is 4.80. The Morgan fingerprint density at radius 3 is 2.38 bits per heavy atom. The summed E-state index contributed by atoms with van der Waals surface area (Å²) in [5.41, 5.74) is 0.563. The van der Waals surface area contributed by atoms with E-state index in [1.807, 2.05) is 0 Å². The van der Waals surface area contributed by atoms with Gasteiger partial charge in [0.15, 0.2) is 0 Å². The van der Waals surface area contributed by atoms with Crippen LogP contribution in [0.2, 0.25) is 0 Å². The molecule has 1 atom stereocenters. The molecule has 2 amide bonds. The number of alkyl carbamates (subject to hydrolysis) is 1. The molecule has 0 unspecified atom stereocenters. The number of anilines is 1. The molecular weight excluding hydrogens is 505 g/mol. The van der Waals surface area contributed by atoms with E-state index in [1.165, 1.54) is 17.1 Å². The lowest BCUT2D eigenvalue weighted by atomic mass is 9.88. The van der Waals surface area contributed by atoms with Crippen molar-refractivity contribution in [3.8, 4) is 0 Å². The number of aromatic nitrogens is 5. The molecule has 3 aliphatic carbocycles. The highest BCUT2D eigenvalue weighted by atomic mass is 19.4. The second-order valence-corrected chi connectivity index (χ2v) is 10.1. The standard InChI is InChI=1S/C22H26F5N7O3/c23-21(24)5-16(6-21)37-20(36)30-18(17(12-1-2-12)13-3-4-13)19(35)29-14-7-28-33(8-14)9-15-10-34(32-31-15)11-22(25,26)27/h7-8,10,12-13,16-18H,1-6,9,11H2,(H,29,35)(H,30,36)/t18-/m0/s1. The number of ether oxygens (including phenoxy) is 1. The number of halogens is 5. The first-order chi connectivity index (χ1) is 17.4. The first-order valence-electron chi connectivity index (χ1n) is 12.1. The largest absolute Gasteiger partial charge is 0.446 e. The summed E-state index contributed by atoms with van der Waals surface area (Å²) in [6.45, 7) is -1.23. The molecule has 2 aromatic rings. The lowest BCUT2D eigenvalue weighted by Gasteiger charge is -2.35. The second-order valence-electron chi connectivity index (χ2n) is 10.1. The Hall–Kier alpha value is -3.26. The molecule has 5 rings (SSSR count).